The highest BCUT2D eigenvalue weighted by molar-refractivity contribution is 9.10. The Morgan fingerprint density at radius 3 is 2.73 bits per heavy atom. The number of thiazole rings is 1. The molecule has 4 aromatic rings. The van der Waals surface area contributed by atoms with Crippen LogP contribution in [0.15, 0.2) is 58.1 Å². The van der Waals surface area contributed by atoms with Crippen molar-refractivity contribution < 1.29 is 19.2 Å². The normalized spacial score (nSPS) is 12.9. The predicted octanol–water partition coefficient (Wildman–Crippen LogP) is 5.48. The lowest BCUT2D eigenvalue weighted by Crippen LogP contribution is -2.26. The number of hydrazone groups is 1. The number of amides is 1. The third-order valence-electron chi connectivity index (χ3n) is 4.59. The minimum absolute atomic E-state index is 0.00833. The fraction of sp³-hybridized carbons (Fsp3) is 0.0952. The van der Waals surface area contributed by atoms with Gasteiger partial charge in [0.25, 0.3) is 5.91 Å². The first-order chi connectivity index (χ1) is 16.0. The number of halogens is 1. The summed E-state index contributed by atoms with van der Waals surface area (Å²) in [5.41, 5.74) is 1.06. The van der Waals surface area contributed by atoms with Crippen LogP contribution in [0, 0.1) is 10.1 Å². The molecule has 0 unspecified atom stereocenters. The maximum Gasteiger partial charge on any atom is 0.324 e. The lowest BCUT2D eigenvalue weighted by molar-refractivity contribution is -0.380. The van der Waals surface area contributed by atoms with Gasteiger partial charge in [0, 0.05) is 16.1 Å². The average Bonchev–Trinajstić information content (AvgIpc) is 3.46. The largest absolute Gasteiger partial charge is 0.486 e. The summed E-state index contributed by atoms with van der Waals surface area (Å²) in [5.74, 6) is 0.633. The van der Waals surface area contributed by atoms with E-state index in [1.54, 1.807) is 24.3 Å². The van der Waals surface area contributed by atoms with Crippen molar-refractivity contribution in [3.05, 3.63) is 73.6 Å². The molecule has 9 nitrogen and oxygen atoms in total. The molecule has 0 fully saturated rings. The van der Waals surface area contributed by atoms with E-state index in [0.717, 1.165) is 26.0 Å². The molecule has 0 aliphatic carbocycles. The molecule has 2 aromatic heterocycles. The number of benzene rings is 2. The second kappa shape index (κ2) is 8.89. The van der Waals surface area contributed by atoms with Gasteiger partial charge in [-0.1, -0.05) is 38.6 Å². The number of aromatic nitrogens is 1. The molecular weight excluding hydrogens is 532 g/mol. The van der Waals surface area contributed by atoms with E-state index in [4.69, 9.17) is 9.47 Å². The maximum absolute atomic E-state index is 13.5. The molecule has 0 radical (unpaired) electrons. The van der Waals surface area contributed by atoms with Gasteiger partial charge in [-0.3, -0.25) is 14.9 Å². The Morgan fingerprint density at radius 2 is 1.94 bits per heavy atom. The van der Waals surface area contributed by atoms with E-state index in [9.17, 15) is 14.9 Å². The van der Waals surface area contributed by atoms with Gasteiger partial charge in [-0.05, 0) is 42.5 Å². The first kappa shape index (κ1) is 21.5. The van der Waals surface area contributed by atoms with Crippen molar-refractivity contribution in [2.45, 2.75) is 0 Å². The van der Waals surface area contributed by atoms with Crippen molar-refractivity contribution >= 4 is 71.1 Å². The number of anilines is 1. The molecule has 1 aliphatic rings. The molecule has 166 valence electrons. The monoisotopic (exact) mass is 544 g/mol. The van der Waals surface area contributed by atoms with E-state index in [2.05, 4.69) is 26.0 Å². The van der Waals surface area contributed by atoms with Crippen LogP contribution in [-0.4, -0.2) is 35.2 Å². The minimum atomic E-state index is -0.467. The van der Waals surface area contributed by atoms with E-state index >= 15 is 0 Å². The van der Waals surface area contributed by atoms with Crippen LogP contribution in [0.5, 0.6) is 11.5 Å². The van der Waals surface area contributed by atoms with Crippen molar-refractivity contribution in [2.75, 3.05) is 18.2 Å². The molecule has 0 bridgehead atoms. The second-order valence-electron chi connectivity index (χ2n) is 6.76. The molecule has 0 saturated heterocycles. The van der Waals surface area contributed by atoms with Crippen molar-refractivity contribution in [3.8, 4) is 11.5 Å². The standard InChI is InChI=1S/C21H13BrN4O5S2/c22-13-2-4-15-18(10-13)33-21(24-15)25(23-11-14-3-6-19(32-14)26(28)29)20(27)12-1-5-16-17(9-12)31-8-7-30-16/h1-6,9-11H,7-8H2/b23-11+. The molecule has 12 heteroatoms. The minimum Gasteiger partial charge on any atom is -0.486 e. The molecule has 3 heterocycles. The Kier molecular flexibility index (Phi) is 5.79. The number of nitrogens with zero attached hydrogens (tertiary/aromatic N) is 4. The maximum atomic E-state index is 13.5. The zero-order valence-electron chi connectivity index (χ0n) is 16.6. The molecule has 0 N–H and O–H groups in total. The van der Waals surface area contributed by atoms with E-state index in [1.807, 2.05) is 18.2 Å². The number of thiophene rings is 1. The van der Waals surface area contributed by atoms with E-state index in [-0.39, 0.29) is 5.00 Å². The smallest absolute Gasteiger partial charge is 0.324 e. The Morgan fingerprint density at radius 1 is 1.12 bits per heavy atom. The van der Waals surface area contributed by atoms with Crippen LogP contribution in [0.2, 0.25) is 0 Å². The Balaban J connectivity index is 1.54. The van der Waals surface area contributed by atoms with Gasteiger partial charge in [-0.15, -0.1) is 0 Å². The molecular formula is C21H13BrN4O5S2. The molecule has 0 atom stereocenters. The predicted molar refractivity (Wildman–Crippen MR) is 130 cm³/mol. The third-order valence-corrected chi connectivity index (χ3v) is 7.05. The van der Waals surface area contributed by atoms with Gasteiger partial charge in [0.1, 0.15) is 13.2 Å². The fourth-order valence-electron chi connectivity index (χ4n) is 3.09. The highest BCUT2D eigenvalue weighted by Gasteiger charge is 2.23. The van der Waals surface area contributed by atoms with E-state index < -0.39 is 10.8 Å². The van der Waals surface area contributed by atoms with Gasteiger partial charge in [0.15, 0.2) is 11.5 Å². The van der Waals surface area contributed by atoms with Crippen LogP contribution in [-0.2, 0) is 0 Å². The number of hydrogen-bond acceptors (Lipinski definition) is 9. The Bertz CT molecular complexity index is 1420. The Labute approximate surface area is 203 Å². The van der Waals surface area contributed by atoms with Gasteiger partial charge in [0.05, 0.1) is 26.2 Å². The number of fused-ring (bicyclic) bond motifs is 2. The molecule has 0 spiro atoms. The van der Waals surface area contributed by atoms with Gasteiger partial charge < -0.3 is 9.47 Å². The van der Waals surface area contributed by atoms with Crippen LogP contribution in [0.4, 0.5) is 10.1 Å². The number of rotatable bonds is 5. The van der Waals surface area contributed by atoms with Crippen molar-refractivity contribution in [3.63, 3.8) is 0 Å². The van der Waals surface area contributed by atoms with Crippen molar-refractivity contribution in [1.82, 2.24) is 4.98 Å². The molecule has 2 aromatic carbocycles. The summed E-state index contributed by atoms with van der Waals surface area (Å²) in [7, 11) is 0. The molecule has 5 rings (SSSR count). The van der Waals surface area contributed by atoms with Crippen LogP contribution < -0.4 is 14.5 Å². The van der Waals surface area contributed by atoms with Gasteiger partial charge in [0.2, 0.25) is 5.13 Å². The lowest BCUT2D eigenvalue weighted by atomic mass is 10.2. The summed E-state index contributed by atoms with van der Waals surface area (Å²) < 4.78 is 12.9. The summed E-state index contributed by atoms with van der Waals surface area (Å²) in [5, 5.41) is 16.9. The second-order valence-corrected chi connectivity index (χ2v) is 9.78. The quantitative estimate of drug-likeness (QED) is 0.187. The number of hydrogen-bond donors (Lipinski definition) is 0. The van der Waals surface area contributed by atoms with E-state index in [1.165, 1.54) is 28.6 Å². The number of carbonyl (C=O) groups is 1. The summed E-state index contributed by atoms with van der Waals surface area (Å²) in [6.45, 7) is 0.849. The third kappa shape index (κ3) is 4.45. The molecule has 33 heavy (non-hydrogen) atoms. The average molecular weight is 545 g/mol. The summed E-state index contributed by atoms with van der Waals surface area (Å²) in [4.78, 5) is 29.1. The van der Waals surface area contributed by atoms with Crippen LogP contribution in [0.25, 0.3) is 10.2 Å². The molecule has 1 amide bonds. The van der Waals surface area contributed by atoms with Gasteiger partial charge >= 0.3 is 5.00 Å². The van der Waals surface area contributed by atoms with Crippen molar-refractivity contribution in [1.29, 1.82) is 0 Å². The first-order valence-electron chi connectivity index (χ1n) is 9.56. The summed E-state index contributed by atoms with van der Waals surface area (Å²) in [6.07, 6.45) is 1.41. The zero-order chi connectivity index (χ0) is 22.9. The first-order valence-corrected chi connectivity index (χ1v) is 12.0. The number of ether oxygens (including phenoxy) is 2. The topological polar surface area (TPSA) is 107 Å². The fourth-order valence-corrected chi connectivity index (χ4v) is 5.25. The van der Waals surface area contributed by atoms with Gasteiger partial charge in [-0.25, -0.2) is 4.98 Å². The molecule has 1 aliphatic heterocycles. The molecule has 0 saturated carbocycles. The summed E-state index contributed by atoms with van der Waals surface area (Å²) >= 11 is 5.72. The number of carbonyl (C=O) groups excluding carboxylic acids is 1. The van der Waals surface area contributed by atoms with Gasteiger partial charge in [-0.2, -0.15) is 10.1 Å². The van der Waals surface area contributed by atoms with Crippen LogP contribution in [0.3, 0.4) is 0 Å². The zero-order valence-corrected chi connectivity index (χ0v) is 19.9. The highest BCUT2D eigenvalue weighted by atomic mass is 79.9. The van der Waals surface area contributed by atoms with Crippen molar-refractivity contribution in [2.24, 2.45) is 5.10 Å². The number of nitro groups is 1. The SMILES string of the molecule is O=C(c1ccc2c(c1)OCCO2)N(/N=C/c1ccc([N+](=O)[O-])s1)c1nc2ccc(Br)cc2s1. The van der Waals surface area contributed by atoms with Crippen LogP contribution >= 0.6 is 38.6 Å². The summed E-state index contributed by atoms with van der Waals surface area (Å²) in [6, 6.07) is 13.5. The van der Waals surface area contributed by atoms with Crippen LogP contribution in [0.1, 0.15) is 15.2 Å². The lowest BCUT2D eigenvalue weighted by Gasteiger charge is -2.19. The highest BCUT2D eigenvalue weighted by Crippen LogP contribution is 2.34. The Hall–Kier alpha value is -3.35. The van der Waals surface area contributed by atoms with E-state index in [0.29, 0.717) is 40.3 Å².